The molecule has 50 heavy (non-hydrogen) atoms. The predicted molar refractivity (Wildman–Crippen MR) is 189 cm³/mol. The summed E-state index contributed by atoms with van der Waals surface area (Å²) in [6.07, 6.45) is 11.2. The molecule has 12 nitrogen and oxygen atoms in total. The van der Waals surface area contributed by atoms with E-state index in [9.17, 15) is 26.4 Å². The van der Waals surface area contributed by atoms with Crippen LogP contribution in [0, 0.1) is 29.6 Å². The maximum absolute atomic E-state index is 11.4. The fourth-order valence-electron chi connectivity index (χ4n) is 8.96. The van der Waals surface area contributed by atoms with Gasteiger partial charge in [0.15, 0.2) is 6.10 Å². The summed E-state index contributed by atoms with van der Waals surface area (Å²) in [4.78, 5) is 22.3. The Morgan fingerprint density at radius 3 is 1.80 bits per heavy atom. The Balaban J connectivity index is 0.000000171. The van der Waals surface area contributed by atoms with Gasteiger partial charge in [-0.15, -0.1) is 0 Å². The molecule has 0 spiro atoms. The summed E-state index contributed by atoms with van der Waals surface area (Å²) < 4.78 is 73.8. The zero-order chi connectivity index (χ0) is 37.2. The van der Waals surface area contributed by atoms with Crippen molar-refractivity contribution < 1.29 is 53.7 Å². The molecule has 7 aliphatic heterocycles. The number of rotatable bonds is 0. The topological polar surface area (TPSA) is 158 Å². The van der Waals surface area contributed by atoms with Crippen molar-refractivity contribution in [2.75, 3.05) is 19.0 Å². The van der Waals surface area contributed by atoms with Gasteiger partial charge >= 0.3 is 11.9 Å². The second-order valence-electron chi connectivity index (χ2n) is 13.5. The molecule has 14 heteroatoms. The number of carbonyl (C=O) groups is 2. The van der Waals surface area contributed by atoms with Crippen molar-refractivity contribution in [2.24, 2.45) is 29.6 Å². The van der Waals surface area contributed by atoms with Crippen molar-refractivity contribution >= 4 is 32.2 Å². The molecule has 11 aliphatic rings. The van der Waals surface area contributed by atoms with Crippen LogP contribution in [0.1, 0.15) is 126 Å². The normalized spacial score (nSPS) is 41.2. The third-order valence-corrected chi connectivity index (χ3v) is 13.7. The van der Waals surface area contributed by atoms with E-state index in [1.165, 1.54) is 6.42 Å². The molecule has 4 aliphatic carbocycles. The summed E-state index contributed by atoms with van der Waals surface area (Å²) in [5.74, 6) is 3.02. The predicted octanol–water partition coefficient (Wildman–Crippen LogP) is 5.95. The molecule has 0 aromatic heterocycles. The van der Waals surface area contributed by atoms with Gasteiger partial charge in [0.25, 0.3) is 20.2 Å². The molecule has 7 saturated heterocycles. The molecule has 0 N–H and O–H groups in total. The maximum atomic E-state index is 11.4. The monoisotopic (exact) mass is 752 g/mol. The van der Waals surface area contributed by atoms with Crippen LogP contribution >= 0.6 is 0 Å². The highest BCUT2D eigenvalue weighted by atomic mass is 32.2. The minimum Gasteiger partial charge on any atom is -0.462 e. The van der Waals surface area contributed by atoms with Crippen molar-refractivity contribution in [3.05, 3.63) is 0 Å². The molecule has 0 aromatic carbocycles. The number of ether oxygens (including phenoxy) is 4. The summed E-state index contributed by atoms with van der Waals surface area (Å²) in [7, 11) is -6.18. The average molecular weight is 753 g/mol. The average Bonchev–Trinajstić information content (AvgIpc) is 3.97. The van der Waals surface area contributed by atoms with Crippen LogP contribution in [0.3, 0.4) is 0 Å². The van der Waals surface area contributed by atoms with E-state index >= 15 is 0 Å². The van der Waals surface area contributed by atoms with Crippen molar-refractivity contribution in [3.8, 4) is 0 Å². The Morgan fingerprint density at radius 1 is 0.640 bits per heavy atom. The summed E-state index contributed by atoms with van der Waals surface area (Å²) in [5.41, 5.74) is 0. The van der Waals surface area contributed by atoms with Crippen molar-refractivity contribution in [3.63, 3.8) is 0 Å². The number of fused-ring (bicyclic) bond motifs is 5. The fourth-order valence-corrected chi connectivity index (χ4v) is 11.8. The van der Waals surface area contributed by atoms with Gasteiger partial charge in [0, 0.05) is 12.5 Å². The van der Waals surface area contributed by atoms with Crippen LogP contribution in [0.2, 0.25) is 0 Å². The minimum atomic E-state index is -3.13. The molecule has 10 unspecified atom stereocenters. The lowest BCUT2D eigenvalue weighted by atomic mass is 9.68. The van der Waals surface area contributed by atoms with E-state index in [-0.39, 0.29) is 65.5 Å². The van der Waals surface area contributed by atoms with Gasteiger partial charge in [-0.25, -0.2) is 0 Å². The van der Waals surface area contributed by atoms with Crippen LogP contribution in [-0.4, -0.2) is 89.6 Å². The molecule has 11 fully saturated rings. The van der Waals surface area contributed by atoms with Gasteiger partial charge in [0.05, 0.1) is 42.2 Å². The van der Waals surface area contributed by atoms with Crippen LogP contribution in [-0.2, 0) is 57.1 Å². The first-order valence-electron chi connectivity index (χ1n) is 19.5. The lowest BCUT2D eigenvalue weighted by Gasteiger charge is -2.35. The lowest BCUT2D eigenvalue weighted by Crippen LogP contribution is -2.29. The zero-order valence-electron chi connectivity index (χ0n) is 31.5. The highest BCUT2D eigenvalue weighted by Gasteiger charge is 2.59. The van der Waals surface area contributed by atoms with E-state index in [2.05, 4.69) is 4.18 Å². The van der Waals surface area contributed by atoms with Gasteiger partial charge in [0.1, 0.15) is 18.3 Å². The first-order chi connectivity index (χ1) is 24.0. The second kappa shape index (κ2) is 19.7. The first-order valence-corrected chi connectivity index (χ1v) is 22.5. The molecule has 0 aromatic rings. The van der Waals surface area contributed by atoms with Gasteiger partial charge in [0.2, 0.25) is 0 Å². The molecular formula is C36H64O12S2. The van der Waals surface area contributed by atoms with Crippen LogP contribution < -0.4 is 0 Å². The summed E-state index contributed by atoms with van der Waals surface area (Å²) in [6.45, 7) is 17.1. The Bertz CT molecular complexity index is 1260. The molecule has 6 bridgehead atoms. The maximum Gasteiger partial charge on any atom is 0.309 e. The Hall–Kier alpha value is -1.32. The Morgan fingerprint density at radius 2 is 1.28 bits per heavy atom. The molecular weight excluding hydrogens is 689 g/mol. The minimum absolute atomic E-state index is 0.0152. The van der Waals surface area contributed by atoms with Gasteiger partial charge in [-0.05, 0) is 82.0 Å². The second-order valence-corrected chi connectivity index (χ2v) is 17.0. The molecule has 4 saturated carbocycles. The molecule has 11 rings (SSSR count). The molecule has 0 radical (unpaired) electrons. The standard InChI is InChI=1S/C10H14O2.C8H10O4.C7H10O3S.C3H6O3S.4C2H6/c11-10-8-2-6-1-7(3-8)5-9(4-6)12-10;9-6-3-5-8(12-6)7-4(11-5)1-2-10-7;8-11(9)7-3-4-1-5(7)6(2-4)10-11;4-7(5)3-1-2-6-7;4*1-2/h6-9H,1-5H2;4-5,7-8H,1-3H2;4-7H,1-3H2;1-3H2;4*1-2H3. The third-order valence-electron chi connectivity index (χ3n) is 10.6. The highest BCUT2D eigenvalue weighted by Crippen LogP contribution is 2.54. The zero-order valence-corrected chi connectivity index (χ0v) is 33.2. The van der Waals surface area contributed by atoms with E-state index in [0.29, 0.717) is 31.3 Å². The van der Waals surface area contributed by atoms with Crippen LogP contribution in [0.5, 0.6) is 0 Å². The Labute approximate surface area is 301 Å². The molecule has 7 heterocycles. The van der Waals surface area contributed by atoms with Gasteiger partial charge < -0.3 is 18.9 Å². The van der Waals surface area contributed by atoms with Crippen LogP contribution in [0.4, 0.5) is 0 Å². The van der Waals surface area contributed by atoms with Crippen molar-refractivity contribution in [2.45, 2.75) is 168 Å². The summed E-state index contributed by atoms with van der Waals surface area (Å²) in [6, 6.07) is 0. The first kappa shape index (κ1) is 43.1. The molecule has 10 atom stereocenters. The molecule has 0 amide bonds. The number of carbonyl (C=O) groups excluding carboxylic acids is 2. The largest absolute Gasteiger partial charge is 0.462 e. The quantitative estimate of drug-likeness (QED) is 0.212. The van der Waals surface area contributed by atoms with E-state index in [1.54, 1.807) is 0 Å². The summed E-state index contributed by atoms with van der Waals surface area (Å²) >= 11 is 0. The number of esters is 2. The van der Waals surface area contributed by atoms with E-state index in [4.69, 9.17) is 23.1 Å². The highest BCUT2D eigenvalue weighted by molar-refractivity contribution is 7.87. The van der Waals surface area contributed by atoms with Crippen LogP contribution in [0.15, 0.2) is 0 Å². The van der Waals surface area contributed by atoms with Gasteiger partial charge in [-0.1, -0.05) is 55.4 Å². The van der Waals surface area contributed by atoms with Gasteiger partial charge in [-0.2, -0.15) is 16.8 Å². The summed E-state index contributed by atoms with van der Waals surface area (Å²) in [5, 5.41) is -0.133. The number of hydrogen-bond acceptors (Lipinski definition) is 12. The van der Waals surface area contributed by atoms with E-state index in [0.717, 1.165) is 69.8 Å². The Kier molecular flexibility index (Phi) is 16.9. The smallest absolute Gasteiger partial charge is 0.309 e. The van der Waals surface area contributed by atoms with E-state index < -0.39 is 20.2 Å². The van der Waals surface area contributed by atoms with Crippen molar-refractivity contribution in [1.29, 1.82) is 0 Å². The molecule has 292 valence electrons. The fraction of sp³-hybridized carbons (Fsp3) is 0.944. The lowest BCUT2D eigenvalue weighted by molar-refractivity contribution is -0.151. The third kappa shape index (κ3) is 10.4. The van der Waals surface area contributed by atoms with Crippen molar-refractivity contribution in [1.82, 2.24) is 0 Å². The van der Waals surface area contributed by atoms with E-state index in [1.807, 2.05) is 55.4 Å². The van der Waals surface area contributed by atoms with Gasteiger partial charge in [-0.3, -0.25) is 18.0 Å². The number of hydrogen-bond donors (Lipinski definition) is 0. The van der Waals surface area contributed by atoms with Crippen LogP contribution in [0.25, 0.3) is 0 Å². The SMILES string of the molecule is CC.CC.CC.CC.O=C1CC2OC3CCOC3C2O1.O=C1OC2CC3CC(C2)CC1C3.O=S1(=O)CCCO1.O=S1(=O)OC2CC3CC2C1C3.